The van der Waals surface area contributed by atoms with E-state index in [1.54, 1.807) is 13.2 Å². The number of nitrogens with one attached hydrogen (secondary N) is 1. The summed E-state index contributed by atoms with van der Waals surface area (Å²) in [6.45, 7) is 2.14. The fourth-order valence-electron chi connectivity index (χ4n) is 2.34. The predicted molar refractivity (Wildman–Crippen MR) is 77.0 cm³/mol. The van der Waals surface area contributed by atoms with Crippen molar-refractivity contribution in [1.29, 1.82) is 0 Å². The van der Waals surface area contributed by atoms with Crippen molar-refractivity contribution in [3.05, 3.63) is 35.9 Å². The number of rotatable bonds is 5. The highest BCUT2D eigenvalue weighted by Gasteiger charge is 2.51. The molecule has 0 spiro atoms. The van der Waals surface area contributed by atoms with Gasteiger partial charge >= 0.3 is 0 Å². The van der Waals surface area contributed by atoms with Gasteiger partial charge in [0.2, 0.25) is 17.2 Å². The number of likely N-dealkylation sites (tertiary alicyclic amines) is 1. The Hall–Kier alpha value is -1.53. The zero-order chi connectivity index (χ0) is 14.7. The van der Waals surface area contributed by atoms with E-state index in [0.29, 0.717) is 6.54 Å². The second-order valence-corrected chi connectivity index (χ2v) is 6.39. The van der Waals surface area contributed by atoms with Gasteiger partial charge in [-0.05, 0) is 23.7 Å². The van der Waals surface area contributed by atoms with Gasteiger partial charge in [0.25, 0.3) is 0 Å². The fraction of sp³-hybridized carbons (Fsp3) is 0.429. The molecule has 1 heterocycles. The zero-order valence-electron chi connectivity index (χ0n) is 11.5. The molecule has 1 aromatic carbocycles. The predicted octanol–water partition coefficient (Wildman–Crippen LogP) is 0.486. The minimum Gasteiger partial charge on any atom is -0.615 e. The van der Waals surface area contributed by atoms with Crippen molar-refractivity contribution >= 4 is 23.0 Å². The minimum absolute atomic E-state index is 0.0275. The van der Waals surface area contributed by atoms with E-state index in [2.05, 4.69) is 5.32 Å². The number of benzene rings is 1. The molecule has 2 amide bonds. The Kier molecular flexibility index (Phi) is 4.67. The van der Waals surface area contributed by atoms with Crippen LogP contribution in [0.5, 0.6) is 0 Å². The van der Waals surface area contributed by atoms with Gasteiger partial charge in [-0.2, -0.15) is 0 Å². The summed E-state index contributed by atoms with van der Waals surface area (Å²) in [7, 11) is 0. The maximum absolute atomic E-state index is 11.8. The number of nitrogens with zero attached hydrogens (tertiary/aromatic N) is 1. The molecule has 20 heavy (non-hydrogen) atoms. The maximum Gasteiger partial charge on any atom is 0.240 e. The fourth-order valence-corrected chi connectivity index (χ4v) is 3.57. The lowest BCUT2D eigenvalue weighted by molar-refractivity contribution is -0.152. The summed E-state index contributed by atoms with van der Waals surface area (Å²) < 4.78 is 11.5. The van der Waals surface area contributed by atoms with Crippen molar-refractivity contribution in [2.75, 3.05) is 12.8 Å². The zero-order valence-corrected chi connectivity index (χ0v) is 12.4. The van der Waals surface area contributed by atoms with Gasteiger partial charge in [0, 0.05) is 6.54 Å². The number of amides is 2. The first kappa shape index (κ1) is 14.9. The third-order valence-corrected chi connectivity index (χ3v) is 4.74. The number of carbonyl (C=O) groups excluding carboxylic acids is 2. The molecule has 0 aromatic heterocycles. The first-order valence-electron chi connectivity index (χ1n) is 6.44. The van der Waals surface area contributed by atoms with Gasteiger partial charge in [0.15, 0.2) is 0 Å². The summed E-state index contributed by atoms with van der Waals surface area (Å²) in [5, 5.41) is 2.42. The van der Waals surface area contributed by atoms with Gasteiger partial charge in [0.05, 0.1) is 6.26 Å². The van der Waals surface area contributed by atoms with E-state index in [1.165, 1.54) is 4.90 Å². The Morgan fingerprint density at radius 1 is 1.40 bits per heavy atom. The van der Waals surface area contributed by atoms with Crippen molar-refractivity contribution < 1.29 is 14.1 Å². The molecular formula is C14H18N2O3S. The summed E-state index contributed by atoms with van der Waals surface area (Å²) in [4.78, 5) is 24.9. The molecule has 0 aliphatic carbocycles. The molecule has 1 aliphatic rings. The van der Waals surface area contributed by atoms with E-state index in [1.807, 2.05) is 30.3 Å². The molecule has 0 radical (unpaired) electrons. The van der Waals surface area contributed by atoms with Crippen LogP contribution in [0.25, 0.3) is 0 Å². The van der Waals surface area contributed by atoms with Crippen molar-refractivity contribution in [2.24, 2.45) is 5.92 Å². The number of β-lactam (4-membered cyclic amide) rings is 1. The van der Waals surface area contributed by atoms with Crippen molar-refractivity contribution in [3.8, 4) is 0 Å². The van der Waals surface area contributed by atoms with Crippen LogP contribution in [-0.2, 0) is 27.3 Å². The molecular weight excluding hydrogens is 276 g/mol. The van der Waals surface area contributed by atoms with Crippen molar-refractivity contribution in [2.45, 2.75) is 18.8 Å². The number of hydrogen-bond acceptors (Lipinski definition) is 3. The largest absolute Gasteiger partial charge is 0.615 e. The van der Waals surface area contributed by atoms with E-state index < -0.39 is 11.2 Å². The molecule has 108 valence electrons. The van der Waals surface area contributed by atoms with E-state index in [9.17, 15) is 14.1 Å². The molecule has 6 heteroatoms. The van der Waals surface area contributed by atoms with Gasteiger partial charge in [-0.3, -0.25) is 14.5 Å². The average Bonchev–Trinajstić information content (AvgIpc) is 2.44. The first-order valence-corrected chi connectivity index (χ1v) is 8.06. The summed E-state index contributed by atoms with van der Waals surface area (Å²) in [5.74, 6) is -0.604. The SMILES string of the molecule is C[C@H]1C(=O)N(CC(=O)NCc2ccccc2)[C@@H]1[S+](C)[O-]. The van der Waals surface area contributed by atoms with Gasteiger partial charge in [-0.25, -0.2) is 0 Å². The highest BCUT2D eigenvalue weighted by molar-refractivity contribution is 7.91. The van der Waals surface area contributed by atoms with Crippen LogP contribution in [0.15, 0.2) is 30.3 Å². The summed E-state index contributed by atoms with van der Waals surface area (Å²) >= 11 is -1.14. The van der Waals surface area contributed by atoms with Crippen LogP contribution in [0, 0.1) is 5.92 Å². The van der Waals surface area contributed by atoms with Crippen LogP contribution in [-0.4, -0.2) is 39.4 Å². The van der Waals surface area contributed by atoms with Gasteiger partial charge in [-0.1, -0.05) is 30.3 Å². The second-order valence-electron chi connectivity index (χ2n) is 4.91. The van der Waals surface area contributed by atoms with Crippen LogP contribution in [0.3, 0.4) is 0 Å². The smallest absolute Gasteiger partial charge is 0.240 e. The summed E-state index contributed by atoms with van der Waals surface area (Å²) in [6.07, 6.45) is 1.56. The lowest BCUT2D eigenvalue weighted by Crippen LogP contribution is -2.64. The molecule has 0 saturated carbocycles. The Balaban J connectivity index is 1.84. The monoisotopic (exact) mass is 294 g/mol. The van der Waals surface area contributed by atoms with Gasteiger partial charge in [0.1, 0.15) is 12.5 Å². The molecule has 0 bridgehead atoms. The molecule has 1 fully saturated rings. The first-order chi connectivity index (χ1) is 9.50. The van der Waals surface area contributed by atoms with Crippen LogP contribution in [0.2, 0.25) is 0 Å². The van der Waals surface area contributed by atoms with E-state index >= 15 is 0 Å². The third kappa shape index (κ3) is 3.13. The lowest BCUT2D eigenvalue weighted by atomic mass is 10.0. The quantitative estimate of drug-likeness (QED) is 0.634. The van der Waals surface area contributed by atoms with Gasteiger partial charge in [-0.15, -0.1) is 0 Å². The molecule has 1 unspecified atom stereocenters. The molecule has 1 N–H and O–H groups in total. The van der Waals surface area contributed by atoms with Crippen molar-refractivity contribution in [3.63, 3.8) is 0 Å². The van der Waals surface area contributed by atoms with Crippen LogP contribution >= 0.6 is 0 Å². The highest BCUT2D eigenvalue weighted by Crippen LogP contribution is 2.29. The number of carbonyl (C=O) groups is 2. The summed E-state index contributed by atoms with van der Waals surface area (Å²) in [5.41, 5.74) is 1.000. The molecule has 2 rings (SSSR count). The normalized spacial score (nSPS) is 23.1. The Bertz CT molecular complexity index is 492. The minimum atomic E-state index is -1.14. The van der Waals surface area contributed by atoms with Crippen molar-refractivity contribution in [1.82, 2.24) is 10.2 Å². The van der Waals surface area contributed by atoms with Crippen LogP contribution in [0.4, 0.5) is 0 Å². The van der Waals surface area contributed by atoms with E-state index in [0.717, 1.165) is 5.56 Å². The van der Waals surface area contributed by atoms with Crippen LogP contribution in [0.1, 0.15) is 12.5 Å². The Morgan fingerprint density at radius 3 is 2.65 bits per heavy atom. The second kappa shape index (κ2) is 6.28. The summed E-state index contributed by atoms with van der Waals surface area (Å²) in [6, 6.07) is 9.55. The van der Waals surface area contributed by atoms with E-state index in [4.69, 9.17) is 0 Å². The lowest BCUT2D eigenvalue weighted by Gasteiger charge is -2.43. The van der Waals surface area contributed by atoms with Crippen LogP contribution < -0.4 is 5.32 Å². The third-order valence-electron chi connectivity index (χ3n) is 3.39. The Labute approximate surface area is 121 Å². The molecule has 3 atom stereocenters. The standard InChI is InChI=1S/C14H18N2O3S/c1-10-13(18)16(14(10)20(2)19)9-12(17)15-8-11-6-4-3-5-7-11/h3-7,10,14H,8-9H2,1-2H3,(H,15,17)/t10-,14+,20?/m0/s1. The highest BCUT2D eigenvalue weighted by atomic mass is 32.2. The number of hydrogen-bond donors (Lipinski definition) is 1. The molecule has 1 saturated heterocycles. The average molecular weight is 294 g/mol. The molecule has 1 aliphatic heterocycles. The topological polar surface area (TPSA) is 72.5 Å². The Morgan fingerprint density at radius 2 is 2.05 bits per heavy atom. The molecule has 1 aromatic rings. The van der Waals surface area contributed by atoms with Gasteiger partial charge < -0.3 is 9.87 Å². The maximum atomic E-state index is 11.8. The van der Waals surface area contributed by atoms with E-state index in [-0.39, 0.29) is 29.7 Å². The molecule has 5 nitrogen and oxygen atoms in total.